The van der Waals surface area contributed by atoms with Gasteiger partial charge in [0.1, 0.15) is 6.10 Å². The van der Waals surface area contributed by atoms with Gasteiger partial charge in [-0.3, -0.25) is 0 Å². The Morgan fingerprint density at radius 2 is 2.11 bits per heavy atom. The minimum Gasteiger partial charge on any atom is -0.480 e. The van der Waals surface area contributed by atoms with Crippen LogP contribution in [0.25, 0.3) is 0 Å². The molecule has 1 aliphatic heterocycles. The predicted molar refractivity (Wildman–Crippen MR) is 62.6 cm³/mol. The highest BCUT2D eigenvalue weighted by molar-refractivity contribution is 5.80. The molecule has 104 valence electrons. The summed E-state index contributed by atoms with van der Waals surface area (Å²) in [6.45, 7) is 5.93. The lowest BCUT2D eigenvalue weighted by Gasteiger charge is -2.33. The van der Waals surface area contributed by atoms with Crippen molar-refractivity contribution in [1.82, 2.24) is 5.01 Å². The molecule has 0 aromatic heterocycles. The van der Waals surface area contributed by atoms with E-state index in [2.05, 4.69) is 0 Å². The molecule has 1 heterocycles. The number of carbonyl (C=O) groups is 2. The molecule has 0 aromatic carbocycles. The van der Waals surface area contributed by atoms with Gasteiger partial charge in [0.25, 0.3) is 0 Å². The van der Waals surface area contributed by atoms with Crippen molar-refractivity contribution in [2.75, 3.05) is 13.2 Å². The fraction of sp³-hybridized carbons (Fsp3) is 0.818. The van der Waals surface area contributed by atoms with Gasteiger partial charge in [0.05, 0.1) is 13.2 Å². The lowest BCUT2D eigenvalue weighted by molar-refractivity contribution is -0.147. The first kappa shape index (κ1) is 14.7. The second-order valence-corrected chi connectivity index (χ2v) is 5.38. The van der Waals surface area contributed by atoms with Crippen molar-refractivity contribution in [2.45, 2.75) is 39.3 Å². The monoisotopic (exact) mass is 260 g/mol. The van der Waals surface area contributed by atoms with Crippen LogP contribution in [-0.4, -0.2) is 47.5 Å². The summed E-state index contributed by atoms with van der Waals surface area (Å²) in [6.07, 6.45) is -0.585. The van der Waals surface area contributed by atoms with E-state index >= 15 is 0 Å². The van der Waals surface area contributed by atoms with Gasteiger partial charge in [0, 0.05) is 6.42 Å². The summed E-state index contributed by atoms with van der Waals surface area (Å²) in [6, 6.07) is -1.15. The van der Waals surface area contributed by atoms with Crippen LogP contribution in [0.1, 0.15) is 27.2 Å². The standard InChI is InChI=1S/C11H20N2O5/c1-11(2,3)8(9(14)15)13(12)10(16)18-7-4-5-17-6-7/h7-8H,4-6,12H2,1-3H3,(H,14,15)/t7-,8+/m0/s1. The smallest absolute Gasteiger partial charge is 0.425 e. The third-order valence-corrected chi connectivity index (χ3v) is 2.70. The largest absolute Gasteiger partial charge is 0.480 e. The Balaban J connectivity index is 2.67. The summed E-state index contributed by atoms with van der Waals surface area (Å²) >= 11 is 0. The summed E-state index contributed by atoms with van der Waals surface area (Å²) in [5.41, 5.74) is -0.689. The van der Waals surface area contributed by atoms with Gasteiger partial charge in [0.15, 0.2) is 6.04 Å². The second-order valence-electron chi connectivity index (χ2n) is 5.38. The summed E-state index contributed by atoms with van der Waals surface area (Å²) in [5.74, 6) is 4.40. The van der Waals surface area contributed by atoms with Crippen LogP contribution >= 0.6 is 0 Å². The van der Waals surface area contributed by atoms with Gasteiger partial charge < -0.3 is 14.6 Å². The zero-order valence-electron chi connectivity index (χ0n) is 10.9. The number of ether oxygens (including phenoxy) is 2. The molecule has 1 amide bonds. The van der Waals surface area contributed by atoms with Crippen LogP contribution in [0.3, 0.4) is 0 Å². The molecule has 0 bridgehead atoms. The van der Waals surface area contributed by atoms with E-state index in [0.717, 1.165) is 0 Å². The van der Waals surface area contributed by atoms with Crippen molar-refractivity contribution < 1.29 is 24.2 Å². The Morgan fingerprint density at radius 3 is 2.50 bits per heavy atom. The number of nitrogens with two attached hydrogens (primary N) is 1. The molecule has 0 aromatic rings. The first-order chi connectivity index (χ1) is 8.23. The molecule has 18 heavy (non-hydrogen) atoms. The van der Waals surface area contributed by atoms with Gasteiger partial charge in [-0.15, -0.1) is 0 Å². The number of carboxylic acid groups (broad SMARTS) is 1. The number of carboxylic acids is 1. The van der Waals surface area contributed by atoms with Crippen LogP contribution in [0.15, 0.2) is 0 Å². The van der Waals surface area contributed by atoms with Crippen LogP contribution in [0, 0.1) is 5.41 Å². The summed E-state index contributed by atoms with van der Waals surface area (Å²) < 4.78 is 10.1. The Hall–Kier alpha value is -1.34. The van der Waals surface area contributed by atoms with E-state index in [1.54, 1.807) is 20.8 Å². The third kappa shape index (κ3) is 3.58. The Morgan fingerprint density at radius 1 is 1.50 bits per heavy atom. The number of hydrogen-bond donors (Lipinski definition) is 2. The van der Waals surface area contributed by atoms with Crippen molar-refractivity contribution in [1.29, 1.82) is 0 Å². The highest BCUT2D eigenvalue weighted by atomic mass is 16.6. The second kappa shape index (κ2) is 5.53. The fourth-order valence-electron chi connectivity index (χ4n) is 1.82. The van der Waals surface area contributed by atoms with Crippen molar-refractivity contribution >= 4 is 12.1 Å². The van der Waals surface area contributed by atoms with Crippen LogP contribution < -0.4 is 5.84 Å². The normalized spacial score (nSPS) is 21.4. The van der Waals surface area contributed by atoms with Crippen LogP contribution in [0.5, 0.6) is 0 Å². The zero-order chi connectivity index (χ0) is 13.9. The quantitative estimate of drug-likeness (QED) is 0.437. The minimum absolute atomic E-state index is 0.326. The average Bonchev–Trinajstić information content (AvgIpc) is 2.67. The lowest BCUT2D eigenvalue weighted by Crippen LogP contribution is -2.56. The Labute approximate surface area is 106 Å². The van der Waals surface area contributed by atoms with Crippen LogP contribution in [0.4, 0.5) is 4.79 Å². The lowest BCUT2D eigenvalue weighted by atomic mass is 9.86. The molecular weight excluding hydrogens is 240 g/mol. The molecule has 7 nitrogen and oxygen atoms in total. The number of hydrazine groups is 1. The van der Waals surface area contributed by atoms with Crippen molar-refractivity contribution in [2.24, 2.45) is 11.3 Å². The van der Waals surface area contributed by atoms with Gasteiger partial charge >= 0.3 is 12.1 Å². The maximum atomic E-state index is 11.8. The molecule has 1 saturated heterocycles. The van der Waals surface area contributed by atoms with Crippen molar-refractivity contribution in [3.63, 3.8) is 0 Å². The highest BCUT2D eigenvalue weighted by Crippen LogP contribution is 2.24. The Bertz CT molecular complexity index is 320. The Kier molecular flexibility index (Phi) is 4.53. The van der Waals surface area contributed by atoms with Crippen LogP contribution in [-0.2, 0) is 14.3 Å². The van der Waals surface area contributed by atoms with Gasteiger partial charge in [-0.25, -0.2) is 20.4 Å². The van der Waals surface area contributed by atoms with E-state index in [1.165, 1.54) is 0 Å². The number of amides is 1. The van der Waals surface area contributed by atoms with Gasteiger partial charge in [-0.05, 0) is 5.41 Å². The van der Waals surface area contributed by atoms with E-state index in [-0.39, 0.29) is 6.10 Å². The number of nitrogens with zero attached hydrogens (tertiary/aromatic N) is 1. The highest BCUT2D eigenvalue weighted by Gasteiger charge is 2.39. The zero-order valence-corrected chi connectivity index (χ0v) is 10.9. The molecule has 0 spiro atoms. The topological polar surface area (TPSA) is 102 Å². The van der Waals surface area contributed by atoms with Gasteiger partial charge in [-0.2, -0.15) is 0 Å². The number of aliphatic carboxylic acids is 1. The molecule has 3 N–H and O–H groups in total. The molecule has 7 heteroatoms. The SMILES string of the molecule is CC(C)(C)[C@@H](C(=O)O)N(N)C(=O)O[C@H]1CCOC1. The van der Waals surface area contributed by atoms with E-state index < -0.39 is 23.5 Å². The maximum Gasteiger partial charge on any atom is 0.425 e. The maximum absolute atomic E-state index is 11.8. The molecule has 0 radical (unpaired) electrons. The summed E-state index contributed by atoms with van der Waals surface area (Å²) in [4.78, 5) is 22.9. The van der Waals surface area contributed by atoms with E-state index in [0.29, 0.717) is 24.6 Å². The van der Waals surface area contributed by atoms with Crippen molar-refractivity contribution in [3.05, 3.63) is 0 Å². The molecular formula is C11H20N2O5. The van der Waals surface area contributed by atoms with Crippen LogP contribution in [0.2, 0.25) is 0 Å². The minimum atomic E-state index is -1.16. The number of carbonyl (C=O) groups excluding carboxylic acids is 1. The average molecular weight is 260 g/mol. The third-order valence-electron chi connectivity index (χ3n) is 2.70. The first-order valence-corrected chi connectivity index (χ1v) is 5.78. The first-order valence-electron chi connectivity index (χ1n) is 5.78. The molecule has 1 rings (SSSR count). The molecule has 0 unspecified atom stereocenters. The van der Waals surface area contributed by atoms with Crippen molar-refractivity contribution in [3.8, 4) is 0 Å². The molecule has 1 fully saturated rings. The molecule has 1 aliphatic rings. The number of hydrogen-bond acceptors (Lipinski definition) is 5. The van der Waals surface area contributed by atoms with E-state index in [9.17, 15) is 9.59 Å². The van der Waals surface area contributed by atoms with Gasteiger partial charge in [-0.1, -0.05) is 20.8 Å². The summed E-state index contributed by atoms with van der Waals surface area (Å²) in [7, 11) is 0. The molecule has 2 atom stereocenters. The molecule has 0 aliphatic carbocycles. The summed E-state index contributed by atoms with van der Waals surface area (Å²) in [5, 5.41) is 9.77. The van der Waals surface area contributed by atoms with E-state index in [1.807, 2.05) is 0 Å². The predicted octanol–water partition coefficient (Wildman–Crippen LogP) is 0.587. The molecule has 0 saturated carbocycles. The number of rotatable bonds is 3. The fourth-order valence-corrected chi connectivity index (χ4v) is 1.82. The van der Waals surface area contributed by atoms with Gasteiger partial charge in [0.2, 0.25) is 0 Å². The van der Waals surface area contributed by atoms with E-state index in [4.69, 9.17) is 20.4 Å².